The van der Waals surface area contributed by atoms with Crippen LogP contribution >= 0.6 is 0 Å². The average Bonchev–Trinajstić information content (AvgIpc) is 2.14. The number of carbonyl (C=O) groups is 3. The summed E-state index contributed by atoms with van der Waals surface area (Å²) in [7, 11) is 1.11. The minimum atomic E-state index is -1.43. The van der Waals surface area contributed by atoms with E-state index in [0.29, 0.717) is 0 Å². The smallest absolute Gasteiger partial charge is 0.368 e. The lowest BCUT2D eigenvalue weighted by Gasteiger charge is -2.14. The predicted molar refractivity (Wildman–Crippen MR) is 45.9 cm³/mol. The minimum absolute atomic E-state index is 0.516. The van der Waals surface area contributed by atoms with Crippen molar-refractivity contribution in [3.8, 4) is 0 Å². The van der Waals surface area contributed by atoms with Crippen molar-refractivity contribution in [3.63, 3.8) is 0 Å². The van der Waals surface area contributed by atoms with Crippen LogP contribution in [0.2, 0.25) is 0 Å². The molecule has 0 fully saturated rings. The Morgan fingerprint density at radius 2 is 2.00 bits per heavy atom. The molecule has 0 saturated heterocycles. The molecule has 14 heavy (non-hydrogen) atoms. The number of ether oxygens (including phenoxy) is 2. The molecule has 1 unspecified atom stereocenters. The number of amides is 1. The number of esters is 2. The Morgan fingerprint density at radius 1 is 1.43 bits per heavy atom. The van der Waals surface area contributed by atoms with Crippen molar-refractivity contribution < 1.29 is 23.9 Å². The maximum Gasteiger partial charge on any atom is 0.368 e. The van der Waals surface area contributed by atoms with Crippen LogP contribution in [-0.4, -0.2) is 31.2 Å². The molecule has 0 rings (SSSR count). The van der Waals surface area contributed by atoms with E-state index in [1.165, 1.54) is 6.92 Å². The Kier molecular flexibility index (Phi) is 4.98. The van der Waals surface area contributed by atoms with E-state index in [4.69, 9.17) is 0 Å². The van der Waals surface area contributed by atoms with Gasteiger partial charge in [-0.15, -0.1) is 0 Å². The first-order valence-corrected chi connectivity index (χ1v) is 3.69. The molecular weight excluding hydrogens is 190 g/mol. The van der Waals surface area contributed by atoms with E-state index >= 15 is 0 Å². The van der Waals surface area contributed by atoms with Crippen LogP contribution in [0.25, 0.3) is 0 Å². The average molecular weight is 201 g/mol. The van der Waals surface area contributed by atoms with Crippen molar-refractivity contribution in [2.45, 2.75) is 13.2 Å². The fourth-order valence-electron chi connectivity index (χ4n) is 0.592. The highest BCUT2D eigenvalue weighted by Gasteiger charge is 2.23. The summed E-state index contributed by atoms with van der Waals surface area (Å²) in [6.45, 7) is 4.32. The molecule has 6 nitrogen and oxygen atoms in total. The number of hydrogen-bond acceptors (Lipinski definition) is 5. The van der Waals surface area contributed by atoms with Crippen molar-refractivity contribution in [1.82, 2.24) is 5.32 Å². The van der Waals surface area contributed by atoms with Crippen LogP contribution in [-0.2, 0) is 23.9 Å². The van der Waals surface area contributed by atoms with Gasteiger partial charge in [-0.3, -0.25) is 4.79 Å². The SMILES string of the molecule is C=CC(=O)OC(NC(C)=O)C(=O)OC. The largest absolute Gasteiger partial charge is 0.465 e. The van der Waals surface area contributed by atoms with Gasteiger partial charge in [-0.2, -0.15) is 0 Å². The molecule has 78 valence electrons. The van der Waals surface area contributed by atoms with Crippen LogP contribution in [0.4, 0.5) is 0 Å². The quantitative estimate of drug-likeness (QED) is 0.371. The van der Waals surface area contributed by atoms with Gasteiger partial charge in [0.25, 0.3) is 6.23 Å². The summed E-state index contributed by atoms with van der Waals surface area (Å²) >= 11 is 0. The van der Waals surface area contributed by atoms with E-state index in [2.05, 4.69) is 21.4 Å². The van der Waals surface area contributed by atoms with Crippen molar-refractivity contribution in [3.05, 3.63) is 12.7 Å². The number of nitrogens with one attached hydrogen (secondary N) is 1. The second kappa shape index (κ2) is 5.74. The topological polar surface area (TPSA) is 81.7 Å². The van der Waals surface area contributed by atoms with Gasteiger partial charge in [0.2, 0.25) is 5.91 Å². The highest BCUT2D eigenvalue weighted by molar-refractivity contribution is 5.87. The summed E-state index contributed by atoms with van der Waals surface area (Å²) in [6.07, 6.45) is -0.555. The molecule has 0 radical (unpaired) electrons. The molecule has 0 aromatic carbocycles. The van der Waals surface area contributed by atoms with Crippen LogP contribution in [0.3, 0.4) is 0 Å². The molecule has 0 bridgehead atoms. The Balaban J connectivity index is 4.38. The second-order valence-electron chi connectivity index (χ2n) is 2.24. The molecule has 6 heteroatoms. The van der Waals surface area contributed by atoms with Crippen molar-refractivity contribution in [1.29, 1.82) is 0 Å². The van der Waals surface area contributed by atoms with E-state index in [9.17, 15) is 14.4 Å². The molecule has 0 spiro atoms. The Bertz CT molecular complexity index is 260. The van der Waals surface area contributed by atoms with E-state index < -0.39 is 24.1 Å². The van der Waals surface area contributed by atoms with Gasteiger partial charge in [-0.05, 0) is 0 Å². The van der Waals surface area contributed by atoms with Gasteiger partial charge < -0.3 is 14.8 Å². The summed E-state index contributed by atoms with van der Waals surface area (Å²) in [6, 6.07) is 0. The molecule has 0 aromatic heterocycles. The van der Waals surface area contributed by atoms with Gasteiger partial charge in [0.05, 0.1) is 7.11 Å². The number of hydrogen-bond donors (Lipinski definition) is 1. The third-order valence-corrected chi connectivity index (χ3v) is 1.15. The van der Waals surface area contributed by atoms with Crippen LogP contribution in [0.1, 0.15) is 6.92 Å². The van der Waals surface area contributed by atoms with Gasteiger partial charge >= 0.3 is 11.9 Å². The zero-order valence-electron chi connectivity index (χ0n) is 7.90. The van der Waals surface area contributed by atoms with E-state index in [1.807, 2.05) is 0 Å². The predicted octanol–water partition coefficient (Wildman–Crippen LogP) is -0.649. The molecule has 0 aliphatic heterocycles. The molecule has 0 heterocycles. The third-order valence-electron chi connectivity index (χ3n) is 1.15. The van der Waals surface area contributed by atoms with Crippen molar-refractivity contribution >= 4 is 17.8 Å². The van der Waals surface area contributed by atoms with Crippen LogP contribution in [0, 0.1) is 0 Å². The Hall–Kier alpha value is -1.85. The maximum atomic E-state index is 11.0. The van der Waals surface area contributed by atoms with E-state index in [-0.39, 0.29) is 0 Å². The highest BCUT2D eigenvalue weighted by atomic mass is 16.6. The third kappa shape index (κ3) is 4.24. The standard InChI is InChI=1S/C8H11NO5/c1-4-6(11)14-7(8(12)13-3)9-5(2)10/h4,7H,1H2,2-3H3,(H,9,10). The fraction of sp³-hybridized carbons (Fsp3) is 0.375. The summed E-state index contributed by atoms with van der Waals surface area (Å²) in [5, 5.41) is 2.09. The molecule has 0 saturated carbocycles. The summed E-state index contributed by atoms with van der Waals surface area (Å²) < 4.78 is 8.79. The van der Waals surface area contributed by atoms with Crippen LogP contribution < -0.4 is 5.32 Å². The highest BCUT2D eigenvalue weighted by Crippen LogP contribution is 1.93. The van der Waals surface area contributed by atoms with E-state index in [1.54, 1.807) is 0 Å². The minimum Gasteiger partial charge on any atom is -0.465 e. The summed E-state index contributed by atoms with van der Waals surface area (Å²) in [5.41, 5.74) is 0. The second-order valence-corrected chi connectivity index (χ2v) is 2.24. The lowest BCUT2D eigenvalue weighted by Crippen LogP contribution is -2.43. The first-order chi connectivity index (χ1) is 6.51. The lowest BCUT2D eigenvalue weighted by atomic mass is 10.5. The molecular formula is C8H11NO5. The number of carbonyl (C=O) groups excluding carboxylic acids is 3. The van der Waals surface area contributed by atoms with Crippen molar-refractivity contribution in [2.24, 2.45) is 0 Å². The normalized spacial score (nSPS) is 11.0. The molecule has 1 amide bonds. The van der Waals surface area contributed by atoms with Crippen LogP contribution in [0.5, 0.6) is 0 Å². The molecule has 1 N–H and O–H groups in total. The monoisotopic (exact) mass is 201 g/mol. The molecule has 0 aliphatic carbocycles. The van der Waals surface area contributed by atoms with Gasteiger partial charge in [0.1, 0.15) is 0 Å². The summed E-state index contributed by atoms with van der Waals surface area (Å²) in [4.78, 5) is 32.3. The van der Waals surface area contributed by atoms with Crippen molar-refractivity contribution in [2.75, 3.05) is 7.11 Å². The fourth-order valence-corrected chi connectivity index (χ4v) is 0.592. The molecule has 1 atom stereocenters. The summed E-state index contributed by atoms with van der Waals surface area (Å²) in [5.74, 6) is -2.21. The van der Waals surface area contributed by atoms with Gasteiger partial charge in [-0.25, -0.2) is 9.59 Å². The first-order valence-electron chi connectivity index (χ1n) is 3.69. The molecule has 0 aliphatic rings. The zero-order valence-corrected chi connectivity index (χ0v) is 7.90. The van der Waals surface area contributed by atoms with E-state index in [0.717, 1.165) is 13.2 Å². The van der Waals surface area contributed by atoms with Gasteiger partial charge in [0.15, 0.2) is 0 Å². The maximum absolute atomic E-state index is 11.0. The Morgan fingerprint density at radius 3 is 2.36 bits per heavy atom. The zero-order chi connectivity index (χ0) is 11.1. The Labute approximate surface area is 80.9 Å². The number of rotatable bonds is 4. The lowest BCUT2D eigenvalue weighted by molar-refractivity contribution is -0.166. The van der Waals surface area contributed by atoms with Crippen LogP contribution in [0.15, 0.2) is 12.7 Å². The molecule has 0 aromatic rings. The van der Waals surface area contributed by atoms with Gasteiger partial charge in [0, 0.05) is 13.0 Å². The number of methoxy groups -OCH3 is 1. The first kappa shape index (κ1) is 12.2. The van der Waals surface area contributed by atoms with Gasteiger partial charge in [-0.1, -0.05) is 6.58 Å².